The second-order valence-corrected chi connectivity index (χ2v) is 3.34. The number of nitrogens with zero attached hydrogens (tertiary/aromatic N) is 2. The summed E-state index contributed by atoms with van der Waals surface area (Å²) < 4.78 is 0. The summed E-state index contributed by atoms with van der Waals surface area (Å²) in [5.41, 5.74) is 3.52. The molecule has 3 nitrogen and oxygen atoms in total. The molecule has 2 aromatic rings. The fourth-order valence-corrected chi connectivity index (χ4v) is 1.46. The third-order valence-electron chi connectivity index (χ3n) is 2.21. The molecule has 1 heterocycles. The second-order valence-electron chi connectivity index (χ2n) is 3.34. The highest BCUT2D eigenvalue weighted by Crippen LogP contribution is 2.22. The molecule has 0 saturated heterocycles. The van der Waals surface area contributed by atoms with Crippen molar-refractivity contribution in [2.24, 2.45) is 0 Å². The number of benzene rings is 1. The van der Waals surface area contributed by atoms with E-state index in [-0.39, 0.29) is 0 Å². The first kappa shape index (κ1) is 9.52. The van der Waals surface area contributed by atoms with Gasteiger partial charge in [0.1, 0.15) is 6.33 Å². The lowest BCUT2D eigenvalue weighted by Gasteiger charge is -2.04. The van der Waals surface area contributed by atoms with Crippen LogP contribution in [0.2, 0.25) is 0 Å². The molecule has 0 fully saturated rings. The van der Waals surface area contributed by atoms with Crippen LogP contribution in [0.1, 0.15) is 15.9 Å². The number of hydrogen-bond acceptors (Lipinski definition) is 3. The maximum Gasteiger partial charge on any atom is 0.150 e. The van der Waals surface area contributed by atoms with E-state index in [4.69, 9.17) is 0 Å². The van der Waals surface area contributed by atoms with Crippen molar-refractivity contribution in [3.63, 3.8) is 0 Å². The highest BCUT2D eigenvalue weighted by Gasteiger charge is 2.04. The standard InChI is InChI=1S/C12H10N2O/c1-9-2-3-10(7-15)12(4-9)11-5-13-8-14-6-11/h2-8H,1H3. The Morgan fingerprint density at radius 1 is 1.20 bits per heavy atom. The Morgan fingerprint density at radius 2 is 1.93 bits per heavy atom. The highest BCUT2D eigenvalue weighted by molar-refractivity contribution is 5.87. The fraction of sp³-hybridized carbons (Fsp3) is 0.0833. The largest absolute Gasteiger partial charge is 0.298 e. The van der Waals surface area contributed by atoms with Crippen LogP contribution in [0.3, 0.4) is 0 Å². The van der Waals surface area contributed by atoms with Crippen molar-refractivity contribution in [3.8, 4) is 11.1 Å². The van der Waals surface area contributed by atoms with Gasteiger partial charge < -0.3 is 0 Å². The Labute approximate surface area is 87.8 Å². The number of carbonyl (C=O) groups is 1. The molecular formula is C12H10N2O. The van der Waals surface area contributed by atoms with Crippen LogP contribution in [0.25, 0.3) is 11.1 Å². The number of aldehydes is 1. The van der Waals surface area contributed by atoms with Crippen molar-refractivity contribution in [2.45, 2.75) is 6.92 Å². The van der Waals surface area contributed by atoms with E-state index in [1.807, 2.05) is 25.1 Å². The quantitative estimate of drug-likeness (QED) is 0.695. The van der Waals surface area contributed by atoms with E-state index in [0.29, 0.717) is 5.56 Å². The summed E-state index contributed by atoms with van der Waals surface area (Å²) in [6.45, 7) is 1.99. The molecule has 1 aromatic heterocycles. The van der Waals surface area contributed by atoms with Crippen LogP contribution in [0.15, 0.2) is 36.9 Å². The topological polar surface area (TPSA) is 42.9 Å². The lowest BCUT2D eigenvalue weighted by molar-refractivity contribution is 0.112. The molecular weight excluding hydrogens is 188 g/mol. The summed E-state index contributed by atoms with van der Waals surface area (Å²) in [5, 5.41) is 0. The summed E-state index contributed by atoms with van der Waals surface area (Å²) in [6, 6.07) is 5.68. The average Bonchev–Trinajstić information content (AvgIpc) is 2.30. The number of rotatable bonds is 2. The number of carbonyl (C=O) groups excluding carboxylic acids is 1. The van der Waals surface area contributed by atoms with Gasteiger partial charge in [0.25, 0.3) is 0 Å². The summed E-state index contributed by atoms with van der Waals surface area (Å²) >= 11 is 0. The average molecular weight is 198 g/mol. The normalized spacial score (nSPS) is 9.93. The molecule has 0 radical (unpaired) electrons. The van der Waals surface area contributed by atoms with Gasteiger partial charge in [-0.1, -0.05) is 23.8 Å². The predicted molar refractivity (Wildman–Crippen MR) is 57.6 cm³/mol. The number of hydrogen-bond donors (Lipinski definition) is 0. The maximum atomic E-state index is 10.9. The molecule has 3 heteroatoms. The van der Waals surface area contributed by atoms with E-state index >= 15 is 0 Å². The van der Waals surface area contributed by atoms with Gasteiger partial charge in [0.2, 0.25) is 0 Å². The van der Waals surface area contributed by atoms with E-state index in [1.165, 1.54) is 6.33 Å². The van der Waals surface area contributed by atoms with Crippen LogP contribution in [-0.4, -0.2) is 16.3 Å². The Kier molecular flexibility index (Phi) is 2.54. The van der Waals surface area contributed by atoms with Gasteiger partial charge in [-0.15, -0.1) is 0 Å². The lowest BCUT2D eigenvalue weighted by Crippen LogP contribution is -1.90. The van der Waals surface area contributed by atoms with E-state index in [0.717, 1.165) is 23.0 Å². The van der Waals surface area contributed by atoms with Crippen molar-refractivity contribution in [1.82, 2.24) is 9.97 Å². The smallest absolute Gasteiger partial charge is 0.150 e. The van der Waals surface area contributed by atoms with E-state index in [1.54, 1.807) is 12.4 Å². The maximum absolute atomic E-state index is 10.9. The van der Waals surface area contributed by atoms with Gasteiger partial charge in [-0.25, -0.2) is 9.97 Å². The predicted octanol–water partition coefficient (Wildman–Crippen LogP) is 2.26. The Balaban J connectivity index is 2.61. The molecule has 0 amide bonds. The van der Waals surface area contributed by atoms with Gasteiger partial charge in [-0.05, 0) is 12.5 Å². The number of aromatic nitrogens is 2. The van der Waals surface area contributed by atoms with Crippen LogP contribution in [0.5, 0.6) is 0 Å². The Bertz CT molecular complexity index is 480. The highest BCUT2D eigenvalue weighted by atomic mass is 16.1. The van der Waals surface area contributed by atoms with E-state index in [9.17, 15) is 4.79 Å². The van der Waals surface area contributed by atoms with Crippen LogP contribution in [0.4, 0.5) is 0 Å². The van der Waals surface area contributed by atoms with E-state index in [2.05, 4.69) is 9.97 Å². The van der Waals surface area contributed by atoms with Crippen LogP contribution < -0.4 is 0 Å². The monoisotopic (exact) mass is 198 g/mol. The molecule has 2 rings (SSSR count). The minimum Gasteiger partial charge on any atom is -0.298 e. The third kappa shape index (κ3) is 1.91. The molecule has 0 aliphatic rings. The summed E-state index contributed by atoms with van der Waals surface area (Å²) in [7, 11) is 0. The zero-order valence-electron chi connectivity index (χ0n) is 8.34. The molecule has 0 atom stereocenters. The molecule has 0 aliphatic heterocycles. The zero-order chi connectivity index (χ0) is 10.7. The third-order valence-corrected chi connectivity index (χ3v) is 2.21. The van der Waals surface area contributed by atoms with Crippen molar-refractivity contribution in [2.75, 3.05) is 0 Å². The van der Waals surface area contributed by atoms with Gasteiger partial charge in [-0.2, -0.15) is 0 Å². The fourth-order valence-electron chi connectivity index (χ4n) is 1.46. The molecule has 0 spiro atoms. The molecule has 1 aromatic carbocycles. The van der Waals surface area contributed by atoms with E-state index < -0.39 is 0 Å². The first-order valence-corrected chi connectivity index (χ1v) is 4.62. The number of aryl methyl sites for hydroxylation is 1. The first-order valence-electron chi connectivity index (χ1n) is 4.62. The van der Waals surface area contributed by atoms with Crippen LogP contribution in [0, 0.1) is 6.92 Å². The van der Waals surface area contributed by atoms with Crippen molar-refractivity contribution in [1.29, 1.82) is 0 Å². The van der Waals surface area contributed by atoms with Crippen LogP contribution >= 0.6 is 0 Å². The molecule has 0 N–H and O–H groups in total. The first-order chi connectivity index (χ1) is 7.31. The Hall–Kier alpha value is -2.03. The van der Waals surface area contributed by atoms with Gasteiger partial charge in [-0.3, -0.25) is 4.79 Å². The van der Waals surface area contributed by atoms with Crippen molar-refractivity contribution in [3.05, 3.63) is 48.0 Å². The summed E-state index contributed by atoms with van der Waals surface area (Å²) in [5.74, 6) is 0. The van der Waals surface area contributed by atoms with Gasteiger partial charge >= 0.3 is 0 Å². The molecule has 0 unspecified atom stereocenters. The molecule has 0 bridgehead atoms. The van der Waals surface area contributed by atoms with Gasteiger partial charge in [0.05, 0.1) is 0 Å². The van der Waals surface area contributed by atoms with Crippen molar-refractivity contribution < 1.29 is 4.79 Å². The van der Waals surface area contributed by atoms with Gasteiger partial charge in [0.15, 0.2) is 6.29 Å². The summed E-state index contributed by atoms with van der Waals surface area (Å²) in [4.78, 5) is 18.7. The Morgan fingerprint density at radius 3 is 2.60 bits per heavy atom. The second kappa shape index (κ2) is 4.00. The summed E-state index contributed by atoms with van der Waals surface area (Å²) in [6.07, 6.45) is 5.73. The van der Waals surface area contributed by atoms with Crippen molar-refractivity contribution >= 4 is 6.29 Å². The molecule has 74 valence electrons. The molecule has 15 heavy (non-hydrogen) atoms. The van der Waals surface area contributed by atoms with Crippen LogP contribution in [-0.2, 0) is 0 Å². The minimum atomic E-state index is 0.662. The zero-order valence-corrected chi connectivity index (χ0v) is 8.34. The molecule has 0 saturated carbocycles. The van der Waals surface area contributed by atoms with Gasteiger partial charge in [0, 0.05) is 23.5 Å². The SMILES string of the molecule is Cc1ccc(C=O)c(-c2cncnc2)c1. The minimum absolute atomic E-state index is 0.662. The molecule has 0 aliphatic carbocycles. The lowest BCUT2D eigenvalue weighted by atomic mass is 10.0.